The fourth-order valence-electron chi connectivity index (χ4n) is 0.371. The maximum atomic E-state index is 3.56. The van der Waals surface area contributed by atoms with Gasteiger partial charge in [0.25, 0.3) is 0 Å². The molecule has 4 heteroatoms. The Hall–Kier alpha value is -0.795. The first-order chi connectivity index (χ1) is 6.62. The molecule has 0 aliphatic carbocycles. The van der Waals surface area contributed by atoms with Crippen LogP contribution in [0.5, 0.6) is 0 Å². The number of rotatable bonds is 2. The highest BCUT2D eigenvalue weighted by Gasteiger charge is 2.10. The van der Waals surface area contributed by atoms with Gasteiger partial charge in [0.2, 0.25) is 0 Å². The van der Waals surface area contributed by atoms with E-state index in [1.807, 2.05) is 13.8 Å². The van der Waals surface area contributed by atoms with E-state index in [-0.39, 0.29) is 44.6 Å². The number of aromatic nitrogens is 3. The van der Waals surface area contributed by atoms with Crippen LogP contribution in [-0.4, -0.2) is 22.5 Å². The van der Waals surface area contributed by atoms with Gasteiger partial charge >= 0.3 is 0 Å². The minimum Gasteiger partial charge on any atom is -0.266 e. The first-order valence-corrected chi connectivity index (χ1v) is 5.21. The molecule has 0 amide bonds. The van der Waals surface area contributed by atoms with Crippen LogP contribution < -0.4 is 0 Å². The first kappa shape index (κ1) is 50.7. The average Bonchev–Trinajstić information content (AvgIpc) is 2.79. The van der Waals surface area contributed by atoms with E-state index in [9.17, 15) is 0 Å². The monoisotopic (exact) mass is 292 g/mol. The molecule has 0 aromatic carbocycles. The van der Waals surface area contributed by atoms with Gasteiger partial charge in [0.15, 0.2) is 0 Å². The van der Waals surface area contributed by atoms with E-state index in [2.05, 4.69) is 50.1 Å². The van der Waals surface area contributed by atoms with Crippen LogP contribution in [-0.2, 0) is 0 Å². The molecule has 1 rings (SSSR count). The molecule has 129 valence electrons. The number of nitrogens with zero attached hydrogens (tertiary/aromatic N) is 2. The highest BCUT2D eigenvalue weighted by molar-refractivity contribution is 6.37. The van der Waals surface area contributed by atoms with Crippen LogP contribution in [0.25, 0.3) is 0 Å². The highest BCUT2D eigenvalue weighted by Crippen LogP contribution is 2.25. The number of H-pyrrole nitrogens is 1. The van der Waals surface area contributed by atoms with Crippen molar-refractivity contribution in [1.29, 1.82) is 0 Å². The summed E-state index contributed by atoms with van der Waals surface area (Å²) in [6, 6.07) is 0. The lowest BCUT2D eigenvalue weighted by atomic mass is 9.55. The van der Waals surface area contributed by atoms with Crippen LogP contribution in [0.2, 0.25) is 12.1 Å². The molecule has 0 saturated carbocycles. The molecule has 1 aromatic heterocycles. The van der Waals surface area contributed by atoms with E-state index >= 15 is 0 Å². The predicted octanol–water partition coefficient (Wildman–Crippen LogP) is 6.99. The third-order valence-electron chi connectivity index (χ3n) is 2.02. The summed E-state index contributed by atoms with van der Waals surface area (Å²) >= 11 is 0. The van der Waals surface area contributed by atoms with Crippen molar-refractivity contribution in [3.63, 3.8) is 0 Å². The Morgan fingerprint density at radius 1 is 1.00 bits per heavy atom. The quantitative estimate of drug-likeness (QED) is 0.596. The largest absolute Gasteiger partial charge is 0.266 e. The Morgan fingerprint density at radius 3 is 1.45 bits per heavy atom. The van der Waals surface area contributed by atoms with E-state index in [1.54, 1.807) is 0 Å². The number of nitrogens with one attached hydrogen (secondary N) is 1. The Labute approximate surface area is 133 Å². The molecule has 0 aliphatic heterocycles. The van der Waals surface area contributed by atoms with Crippen molar-refractivity contribution in [3.05, 3.63) is 12.7 Å². The summed E-state index contributed by atoms with van der Waals surface area (Å²) in [6.07, 6.45) is 4.20. The zero-order valence-corrected chi connectivity index (χ0v) is 10.3. The predicted molar refractivity (Wildman–Crippen MR) is 104 cm³/mol. The number of aromatic amines is 1. The first-order valence-electron chi connectivity index (χ1n) is 5.21. The van der Waals surface area contributed by atoms with Gasteiger partial charge in [-0.15, -0.1) is 0 Å². The zero-order valence-electron chi connectivity index (χ0n) is 10.3. The van der Waals surface area contributed by atoms with E-state index in [0.29, 0.717) is 5.31 Å². The summed E-state index contributed by atoms with van der Waals surface area (Å²) in [5.41, 5.74) is 0. The molecule has 0 unspecified atom stereocenters. The van der Waals surface area contributed by atoms with Gasteiger partial charge < -0.3 is 0 Å². The van der Waals surface area contributed by atoms with Crippen molar-refractivity contribution >= 4 is 7.28 Å². The molecule has 1 heterocycles. The molecular formula is C16H47BN3. The normalized spacial score (nSPS) is 6.30. The zero-order chi connectivity index (χ0) is 11.4. The van der Waals surface area contributed by atoms with Crippen molar-refractivity contribution in [2.75, 3.05) is 0 Å². The third-order valence-corrected chi connectivity index (χ3v) is 2.02. The Morgan fingerprint density at radius 2 is 1.40 bits per heavy atom. The van der Waals surface area contributed by atoms with Gasteiger partial charge in [-0.3, -0.25) is 5.10 Å². The molecule has 0 fully saturated rings. The van der Waals surface area contributed by atoms with Crippen molar-refractivity contribution in [2.45, 2.75) is 97.7 Å². The van der Waals surface area contributed by atoms with Gasteiger partial charge in [-0.1, -0.05) is 97.7 Å². The maximum Gasteiger partial charge on any atom is 0.137 e. The molecule has 3 nitrogen and oxygen atoms in total. The highest BCUT2D eigenvalue weighted by atomic mass is 15.2. The van der Waals surface area contributed by atoms with E-state index in [4.69, 9.17) is 0 Å². The topological polar surface area (TPSA) is 41.6 Å². The lowest BCUT2D eigenvalue weighted by molar-refractivity contribution is 0.645. The van der Waals surface area contributed by atoms with Crippen molar-refractivity contribution in [1.82, 2.24) is 15.2 Å². The van der Waals surface area contributed by atoms with Gasteiger partial charge in [-0.05, 0) is 0 Å². The average molecular weight is 292 g/mol. The van der Waals surface area contributed by atoms with E-state index < -0.39 is 0 Å². The Bertz CT molecular complexity index is 153. The molecule has 0 atom stereocenters. The summed E-state index contributed by atoms with van der Waals surface area (Å²) in [4.78, 5) is 3.56. The summed E-state index contributed by atoms with van der Waals surface area (Å²) in [5.74, 6) is 0. The van der Waals surface area contributed by atoms with Crippen LogP contribution in [0.4, 0.5) is 0 Å². The van der Waals surface area contributed by atoms with Crippen LogP contribution >= 0.6 is 0 Å². The van der Waals surface area contributed by atoms with Gasteiger partial charge in [-0.2, -0.15) is 5.10 Å². The molecule has 0 aliphatic rings. The van der Waals surface area contributed by atoms with E-state index in [0.717, 1.165) is 0 Å². The minimum absolute atomic E-state index is 0. The number of hydrogen-bond donors (Lipinski definition) is 1. The van der Waals surface area contributed by atoms with Crippen molar-refractivity contribution < 1.29 is 0 Å². The van der Waals surface area contributed by atoms with Crippen LogP contribution in [0.1, 0.15) is 85.6 Å². The fraction of sp³-hybridized carbons (Fsp3) is 0.875. The number of hydrogen-bond acceptors (Lipinski definition) is 2. The Kier molecular flexibility index (Phi) is 91.7. The third kappa shape index (κ3) is 43.4. The second kappa shape index (κ2) is 36.2. The minimum atomic E-state index is 0. The molecule has 0 spiro atoms. The van der Waals surface area contributed by atoms with Gasteiger partial charge in [0.1, 0.15) is 19.9 Å². The maximum absolute atomic E-state index is 3.56. The van der Waals surface area contributed by atoms with Gasteiger partial charge in [-0.25, -0.2) is 4.98 Å². The SMILES string of the molecule is C.C.C.C.C.C.CC.C[B]C(C)(C)CC.c1nc[nH]n1. The molecule has 0 saturated heterocycles. The van der Waals surface area contributed by atoms with Crippen molar-refractivity contribution in [3.8, 4) is 0 Å². The molecule has 1 radical (unpaired) electrons. The van der Waals surface area contributed by atoms with Crippen LogP contribution in [0.15, 0.2) is 12.7 Å². The molecule has 20 heavy (non-hydrogen) atoms. The molecule has 1 N–H and O–H groups in total. The second-order valence-corrected chi connectivity index (χ2v) is 3.28. The summed E-state index contributed by atoms with van der Waals surface area (Å²) < 4.78 is 0. The summed E-state index contributed by atoms with van der Waals surface area (Å²) in [6.45, 7) is 12.8. The smallest absolute Gasteiger partial charge is 0.137 e. The van der Waals surface area contributed by atoms with Gasteiger partial charge in [0.05, 0.1) is 0 Å². The Balaban J connectivity index is -0.0000000170. The molecule has 1 aromatic rings. The lowest BCUT2D eigenvalue weighted by Crippen LogP contribution is -2.06. The summed E-state index contributed by atoms with van der Waals surface area (Å²) in [5, 5.41) is 6.44. The van der Waals surface area contributed by atoms with Crippen molar-refractivity contribution in [2.24, 2.45) is 0 Å². The fourth-order valence-corrected chi connectivity index (χ4v) is 0.371. The molecule has 0 bridgehead atoms. The second-order valence-electron chi connectivity index (χ2n) is 3.28. The summed E-state index contributed by atoms with van der Waals surface area (Å²) in [7, 11) is 2.24. The lowest BCUT2D eigenvalue weighted by Gasteiger charge is -2.17. The van der Waals surface area contributed by atoms with Gasteiger partial charge in [0, 0.05) is 0 Å². The van der Waals surface area contributed by atoms with E-state index in [1.165, 1.54) is 19.1 Å². The standard InChI is InChI=1S/C6H14B.C2H3N3.C2H6.6CH4/c1-5-6(2,3)7-4;1-3-2-5-4-1;1-2;;;;;;/h5H2,1-4H3;1-2H,(H,3,4,5);1-2H3;6*1H4. The van der Waals surface area contributed by atoms with Crippen LogP contribution in [0, 0.1) is 0 Å². The van der Waals surface area contributed by atoms with Crippen LogP contribution in [0.3, 0.4) is 0 Å². The molecular weight excluding hydrogens is 245 g/mol.